The number of carbonyl (C=O) groups is 1. The number of benzene rings is 1. The Morgan fingerprint density at radius 3 is 2.84 bits per heavy atom. The Bertz CT molecular complexity index is 471. The molecule has 4 heteroatoms. The molecule has 0 fully saturated rings. The van der Waals surface area contributed by atoms with E-state index in [9.17, 15) is 9.90 Å². The van der Waals surface area contributed by atoms with Gasteiger partial charge in [-0.1, -0.05) is 18.2 Å². The third kappa shape index (κ3) is 2.73. The number of nitrogens with one attached hydrogen (secondary N) is 1. The summed E-state index contributed by atoms with van der Waals surface area (Å²) in [6.45, 7) is 4.36. The molecule has 19 heavy (non-hydrogen) atoms. The molecule has 1 aliphatic rings. The lowest BCUT2D eigenvalue weighted by Crippen LogP contribution is -2.51. The van der Waals surface area contributed by atoms with Crippen LogP contribution >= 0.6 is 0 Å². The van der Waals surface area contributed by atoms with Gasteiger partial charge in [0.25, 0.3) is 0 Å². The first-order valence-corrected chi connectivity index (χ1v) is 6.66. The molecule has 0 aromatic heterocycles. The van der Waals surface area contributed by atoms with E-state index in [4.69, 9.17) is 0 Å². The Morgan fingerprint density at radius 2 is 2.16 bits per heavy atom. The topological polar surface area (TPSA) is 52.6 Å². The maximum Gasteiger partial charge on any atom is 0.228 e. The number of para-hydroxylation sites is 1. The number of carbonyl (C=O) groups excluding carboxylic acids is 1. The van der Waals surface area contributed by atoms with Gasteiger partial charge in [0.15, 0.2) is 0 Å². The molecule has 1 aliphatic heterocycles. The van der Waals surface area contributed by atoms with Crippen LogP contribution in [0.3, 0.4) is 0 Å². The molecule has 0 saturated heterocycles. The molecule has 1 unspecified atom stereocenters. The minimum absolute atomic E-state index is 0.0357. The van der Waals surface area contributed by atoms with Gasteiger partial charge >= 0.3 is 0 Å². The number of amides is 1. The number of hydrogen-bond acceptors (Lipinski definition) is 3. The zero-order valence-corrected chi connectivity index (χ0v) is 11.8. The van der Waals surface area contributed by atoms with E-state index in [1.807, 2.05) is 32.0 Å². The van der Waals surface area contributed by atoms with Crippen LogP contribution in [0.4, 0.5) is 5.69 Å². The van der Waals surface area contributed by atoms with Crippen molar-refractivity contribution < 1.29 is 9.90 Å². The highest BCUT2D eigenvalue weighted by Crippen LogP contribution is 2.26. The molecule has 1 atom stereocenters. The molecular weight excluding hydrogens is 240 g/mol. The van der Waals surface area contributed by atoms with Gasteiger partial charge < -0.3 is 15.3 Å². The second-order valence-corrected chi connectivity index (χ2v) is 5.81. The van der Waals surface area contributed by atoms with Crippen LogP contribution in [0.2, 0.25) is 0 Å². The summed E-state index contributed by atoms with van der Waals surface area (Å²) in [6, 6.07) is 8.08. The highest BCUT2D eigenvalue weighted by atomic mass is 16.3. The quantitative estimate of drug-likeness (QED) is 0.868. The van der Waals surface area contributed by atoms with Crippen LogP contribution in [0, 0.1) is 5.92 Å². The second kappa shape index (κ2) is 5.21. The molecule has 0 saturated carbocycles. The number of aliphatic hydroxyl groups excluding tert-OH is 1. The van der Waals surface area contributed by atoms with Crippen LogP contribution in [-0.2, 0) is 11.2 Å². The summed E-state index contributed by atoms with van der Waals surface area (Å²) < 4.78 is 0. The number of fused-ring (bicyclic) bond motifs is 1. The van der Waals surface area contributed by atoms with E-state index in [-0.39, 0.29) is 18.4 Å². The molecule has 2 N–H and O–H groups in total. The number of aliphatic hydroxyl groups is 1. The van der Waals surface area contributed by atoms with Gasteiger partial charge in [-0.05, 0) is 31.9 Å². The minimum Gasteiger partial charge on any atom is -0.394 e. The Balaban J connectivity index is 2.11. The van der Waals surface area contributed by atoms with E-state index < -0.39 is 5.54 Å². The van der Waals surface area contributed by atoms with Crippen molar-refractivity contribution in [2.75, 3.05) is 25.5 Å². The van der Waals surface area contributed by atoms with Crippen molar-refractivity contribution in [3.05, 3.63) is 29.8 Å². The van der Waals surface area contributed by atoms with Crippen LogP contribution < -0.4 is 5.32 Å². The maximum atomic E-state index is 12.5. The highest BCUT2D eigenvalue weighted by Gasteiger charge is 2.33. The average Bonchev–Trinajstić information content (AvgIpc) is 2.45. The zero-order valence-electron chi connectivity index (χ0n) is 11.8. The highest BCUT2D eigenvalue weighted by molar-refractivity contribution is 5.81. The second-order valence-electron chi connectivity index (χ2n) is 5.81. The molecule has 4 nitrogen and oxygen atoms in total. The first kappa shape index (κ1) is 13.9. The molecule has 0 aliphatic carbocycles. The van der Waals surface area contributed by atoms with Crippen molar-refractivity contribution in [2.45, 2.75) is 25.8 Å². The fourth-order valence-corrected chi connectivity index (χ4v) is 2.29. The predicted molar refractivity (Wildman–Crippen MR) is 76.1 cm³/mol. The average molecular weight is 262 g/mol. The van der Waals surface area contributed by atoms with Crippen LogP contribution in [0.15, 0.2) is 24.3 Å². The van der Waals surface area contributed by atoms with Gasteiger partial charge in [-0.2, -0.15) is 0 Å². The van der Waals surface area contributed by atoms with Crippen molar-refractivity contribution in [1.82, 2.24) is 4.90 Å². The number of rotatable bonds is 3. The Morgan fingerprint density at radius 1 is 1.47 bits per heavy atom. The summed E-state index contributed by atoms with van der Waals surface area (Å²) in [5.74, 6) is 0.0202. The van der Waals surface area contributed by atoms with Crippen molar-refractivity contribution in [3.63, 3.8) is 0 Å². The van der Waals surface area contributed by atoms with E-state index in [2.05, 4.69) is 11.4 Å². The summed E-state index contributed by atoms with van der Waals surface area (Å²) in [7, 11) is 1.76. The molecular formula is C15H22N2O2. The smallest absolute Gasteiger partial charge is 0.228 e. The number of nitrogens with zero attached hydrogens (tertiary/aromatic N) is 1. The Labute approximate surface area is 114 Å². The molecule has 1 aromatic carbocycles. The van der Waals surface area contributed by atoms with Gasteiger partial charge in [-0.15, -0.1) is 0 Å². The number of likely N-dealkylation sites (N-methyl/N-ethyl adjacent to an activating group) is 1. The lowest BCUT2D eigenvalue weighted by molar-refractivity contribution is -0.140. The van der Waals surface area contributed by atoms with Gasteiger partial charge in [-0.25, -0.2) is 0 Å². The van der Waals surface area contributed by atoms with Gasteiger partial charge in [0.2, 0.25) is 5.91 Å². The van der Waals surface area contributed by atoms with Gasteiger partial charge in [-0.3, -0.25) is 4.79 Å². The lowest BCUT2D eigenvalue weighted by Gasteiger charge is -2.37. The maximum absolute atomic E-state index is 12.5. The normalized spacial score (nSPS) is 18.4. The molecule has 1 heterocycles. The first-order chi connectivity index (χ1) is 8.95. The fraction of sp³-hybridized carbons (Fsp3) is 0.533. The molecule has 1 aromatic rings. The van der Waals surface area contributed by atoms with Crippen LogP contribution in [-0.4, -0.2) is 41.7 Å². The van der Waals surface area contributed by atoms with Crippen molar-refractivity contribution in [2.24, 2.45) is 5.92 Å². The predicted octanol–water partition coefficient (Wildman–Crippen LogP) is 1.50. The van der Waals surface area contributed by atoms with Crippen LogP contribution in [0.25, 0.3) is 0 Å². The molecule has 0 bridgehead atoms. The largest absolute Gasteiger partial charge is 0.394 e. The first-order valence-electron chi connectivity index (χ1n) is 6.66. The van der Waals surface area contributed by atoms with E-state index >= 15 is 0 Å². The third-order valence-electron chi connectivity index (χ3n) is 4.00. The summed E-state index contributed by atoms with van der Waals surface area (Å²) in [5.41, 5.74) is 1.78. The van der Waals surface area contributed by atoms with Crippen molar-refractivity contribution >= 4 is 11.6 Å². The SMILES string of the molecule is CN(C(=O)C1CNc2ccccc2C1)C(C)(C)CO. The van der Waals surface area contributed by atoms with E-state index in [1.165, 1.54) is 5.56 Å². The van der Waals surface area contributed by atoms with Crippen molar-refractivity contribution in [1.29, 1.82) is 0 Å². The molecule has 104 valence electrons. The summed E-state index contributed by atoms with van der Waals surface area (Å²) >= 11 is 0. The fourth-order valence-electron chi connectivity index (χ4n) is 2.29. The summed E-state index contributed by atoms with van der Waals surface area (Å²) in [5, 5.41) is 12.7. The minimum atomic E-state index is -0.520. The molecule has 0 spiro atoms. The molecule has 2 rings (SSSR count). The molecule has 0 radical (unpaired) electrons. The lowest BCUT2D eigenvalue weighted by atomic mass is 9.91. The van der Waals surface area contributed by atoms with Gasteiger partial charge in [0.1, 0.15) is 0 Å². The Hall–Kier alpha value is -1.55. The zero-order chi connectivity index (χ0) is 14.0. The van der Waals surface area contributed by atoms with Gasteiger partial charge in [0, 0.05) is 19.3 Å². The van der Waals surface area contributed by atoms with Crippen LogP contribution in [0.1, 0.15) is 19.4 Å². The van der Waals surface area contributed by atoms with Gasteiger partial charge in [0.05, 0.1) is 18.1 Å². The summed E-state index contributed by atoms with van der Waals surface area (Å²) in [6.07, 6.45) is 0.758. The van der Waals surface area contributed by atoms with E-state index in [1.54, 1.807) is 11.9 Å². The molecule has 1 amide bonds. The van der Waals surface area contributed by atoms with E-state index in [0.29, 0.717) is 6.54 Å². The summed E-state index contributed by atoms with van der Waals surface area (Å²) in [4.78, 5) is 14.1. The number of anilines is 1. The van der Waals surface area contributed by atoms with Crippen LogP contribution in [0.5, 0.6) is 0 Å². The van der Waals surface area contributed by atoms with Crippen molar-refractivity contribution in [3.8, 4) is 0 Å². The van der Waals surface area contributed by atoms with E-state index in [0.717, 1.165) is 12.1 Å². The third-order valence-corrected chi connectivity index (χ3v) is 4.00. The number of hydrogen-bond donors (Lipinski definition) is 2. The standard InChI is InChI=1S/C15H22N2O2/c1-15(2,10-18)17(3)14(19)12-8-11-6-4-5-7-13(11)16-9-12/h4-7,12,16,18H,8-10H2,1-3H3. The monoisotopic (exact) mass is 262 g/mol. The Kier molecular flexibility index (Phi) is 3.80.